The Balaban J connectivity index is 0. The molecule has 0 amide bonds. The van der Waals surface area contributed by atoms with Crippen molar-refractivity contribution in [2.75, 3.05) is 0 Å². The zero-order chi connectivity index (χ0) is 17.1. The fraction of sp³-hybridized carbons (Fsp3) is 1.00. The van der Waals surface area contributed by atoms with Crippen LogP contribution < -0.4 is 0 Å². The van der Waals surface area contributed by atoms with Gasteiger partial charge in [0.05, 0.1) is 0 Å². The summed E-state index contributed by atoms with van der Waals surface area (Å²) in [5, 5.41) is 0. The van der Waals surface area contributed by atoms with Crippen LogP contribution in [0.3, 0.4) is 0 Å². The van der Waals surface area contributed by atoms with E-state index in [1.165, 1.54) is 121 Å². The zero-order valence-corrected chi connectivity index (χ0v) is 17.7. The second-order valence-corrected chi connectivity index (χ2v) is 8.14. The van der Waals surface area contributed by atoms with E-state index in [2.05, 4.69) is 6.92 Å². The zero-order valence-electron chi connectivity index (χ0n) is 14.8. The fourth-order valence-electron chi connectivity index (χ4n) is 2.44. The van der Waals surface area contributed by atoms with Crippen molar-refractivity contribution >= 4 is 35.8 Å². The molecule has 0 aromatic heterocycles. The summed E-state index contributed by atoms with van der Waals surface area (Å²) in [6.07, 6.45) is 20.7. The Kier molecular flexibility index (Phi) is 23.2. The van der Waals surface area contributed by atoms with Crippen LogP contribution in [0.25, 0.3) is 0 Å². The Morgan fingerprint density at radius 1 is 0.636 bits per heavy atom. The molecule has 0 atom stereocenters. The Bertz CT molecular complexity index is 224. The van der Waals surface area contributed by atoms with Gasteiger partial charge < -0.3 is 14.7 Å². The van der Waals surface area contributed by atoms with Crippen LogP contribution in [0, 0.1) is 0 Å². The first-order chi connectivity index (χ1) is 10.4. The van der Waals surface area contributed by atoms with Gasteiger partial charge in [-0.15, -0.1) is 0 Å². The van der Waals surface area contributed by atoms with Crippen molar-refractivity contribution in [1.82, 2.24) is 0 Å². The van der Waals surface area contributed by atoms with Gasteiger partial charge in [-0.2, -0.15) is 0 Å². The van der Waals surface area contributed by atoms with Gasteiger partial charge in [0.25, 0.3) is 0 Å². The van der Waals surface area contributed by atoms with Gasteiger partial charge in [-0.25, -0.2) is 4.57 Å². The molecular formula is C16H36NaO4P. The third-order valence-corrected chi connectivity index (χ3v) is 4.41. The number of hydrogen-bond donors (Lipinski definition) is 3. The molecule has 4 nitrogen and oxygen atoms in total. The second kappa shape index (κ2) is 20.2. The van der Waals surface area contributed by atoms with Crippen LogP contribution in [0.15, 0.2) is 0 Å². The summed E-state index contributed by atoms with van der Waals surface area (Å²) in [4.78, 5) is 21.6. The van der Waals surface area contributed by atoms with Crippen LogP contribution >= 0.6 is 7.82 Å². The summed E-state index contributed by atoms with van der Waals surface area (Å²) in [7, 11) is -4.64. The predicted molar refractivity (Wildman–Crippen MR) is 95.1 cm³/mol. The maximum atomic E-state index is 8.88. The third-order valence-electron chi connectivity index (χ3n) is 3.71. The van der Waals surface area contributed by atoms with E-state index in [1.54, 1.807) is 0 Å². The van der Waals surface area contributed by atoms with E-state index in [0.29, 0.717) is 0 Å². The molecule has 0 aliphatic carbocycles. The molecular weight excluding hydrogens is 310 g/mol. The topological polar surface area (TPSA) is 77.8 Å². The molecule has 0 saturated heterocycles. The van der Waals surface area contributed by atoms with Crippen molar-refractivity contribution in [3.8, 4) is 0 Å². The van der Waals surface area contributed by atoms with Crippen molar-refractivity contribution in [1.29, 1.82) is 0 Å². The largest absolute Gasteiger partial charge is 0.466 e. The molecule has 0 aromatic rings. The van der Waals surface area contributed by atoms with Crippen LogP contribution in [0.5, 0.6) is 0 Å². The molecule has 0 unspecified atom stereocenters. The maximum absolute atomic E-state index is 8.88. The summed E-state index contributed by atoms with van der Waals surface area (Å²) >= 11 is 1.41. The standard InChI is InChI=1S/C16H33.Na.H3O4P/c1-3-5-7-9-11-13-15-16-14-12-10-8-6-4-2;;1-5(2,3)4/h1,3-16H2,2H3;;(H3,1,2,3,4). The first-order valence-electron chi connectivity index (χ1n) is 9.20. The summed E-state index contributed by atoms with van der Waals surface area (Å²) in [5.41, 5.74) is 0. The van der Waals surface area contributed by atoms with Gasteiger partial charge in [0.15, 0.2) is 0 Å². The molecule has 0 aliphatic heterocycles. The number of phosphoric acid groups is 1. The van der Waals surface area contributed by atoms with Gasteiger partial charge in [-0.05, 0) is 0 Å². The molecule has 0 aliphatic rings. The van der Waals surface area contributed by atoms with E-state index in [-0.39, 0.29) is 0 Å². The van der Waals surface area contributed by atoms with Gasteiger partial charge in [0.2, 0.25) is 0 Å². The van der Waals surface area contributed by atoms with Gasteiger partial charge in [0.1, 0.15) is 0 Å². The Hall–Kier alpha value is 1.11. The number of unbranched alkanes of at least 4 members (excludes halogenated alkanes) is 13. The predicted octanol–water partition coefficient (Wildman–Crippen LogP) is 5.13. The summed E-state index contributed by atoms with van der Waals surface area (Å²) in [6.45, 7) is 2.29. The normalized spacial score (nSPS) is 11.2. The molecule has 0 rings (SSSR count). The number of hydrogen-bond acceptors (Lipinski definition) is 1. The molecule has 0 aromatic carbocycles. The van der Waals surface area contributed by atoms with Crippen LogP contribution in [0.4, 0.5) is 0 Å². The van der Waals surface area contributed by atoms with Crippen molar-refractivity contribution in [3.63, 3.8) is 0 Å². The maximum Gasteiger partial charge on any atom is 0.466 e. The van der Waals surface area contributed by atoms with Crippen molar-refractivity contribution in [2.24, 2.45) is 0 Å². The van der Waals surface area contributed by atoms with E-state index in [1.807, 2.05) is 0 Å². The van der Waals surface area contributed by atoms with Crippen LogP contribution in [-0.4, -0.2) is 42.6 Å². The van der Waals surface area contributed by atoms with E-state index < -0.39 is 7.82 Å². The Morgan fingerprint density at radius 2 is 0.864 bits per heavy atom. The summed E-state index contributed by atoms with van der Waals surface area (Å²) in [5.74, 6) is 0. The van der Waals surface area contributed by atoms with Crippen molar-refractivity contribution < 1.29 is 19.2 Å². The van der Waals surface area contributed by atoms with E-state index in [0.717, 1.165) is 0 Å². The van der Waals surface area contributed by atoms with Crippen molar-refractivity contribution in [3.05, 3.63) is 0 Å². The Morgan fingerprint density at radius 3 is 1.09 bits per heavy atom. The summed E-state index contributed by atoms with van der Waals surface area (Å²) < 4.78 is 10.4. The quantitative estimate of drug-likeness (QED) is 0.232. The van der Waals surface area contributed by atoms with Crippen LogP contribution in [-0.2, 0) is 4.57 Å². The second-order valence-electron chi connectivity index (χ2n) is 6.11. The SMILES string of the molecule is CCCCCCCCCCCCCCC[CH2][Na].O=P(O)(O)O. The fourth-order valence-corrected chi connectivity index (χ4v) is 2.94. The molecule has 22 heavy (non-hydrogen) atoms. The molecule has 0 spiro atoms. The Labute approximate surface area is 155 Å². The molecule has 0 saturated carbocycles. The molecule has 3 N–H and O–H groups in total. The monoisotopic (exact) mass is 346 g/mol. The minimum atomic E-state index is -4.64. The smallest absolute Gasteiger partial charge is 0.303 e. The molecule has 130 valence electrons. The minimum Gasteiger partial charge on any atom is -0.303 e. The first kappa shape index (κ1) is 25.4. The first-order valence-corrected chi connectivity index (χ1v) is 12.2. The van der Waals surface area contributed by atoms with Crippen LogP contribution in [0.2, 0.25) is 3.67 Å². The molecule has 0 fully saturated rings. The van der Waals surface area contributed by atoms with E-state index in [4.69, 9.17) is 19.2 Å². The minimum absolute atomic E-state index is 1.38. The molecule has 0 heterocycles. The van der Waals surface area contributed by atoms with E-state index >= 15 is 0 Å². The van der Waals surface area contributed by atoms with Gasteiger partial charge >= 0.3 is 110 Å². The van der Waals surface area contributed by atoms with Gasteiger partial charge in [-0.3, -0.25) is 0 Å². The molecule has 6 heteroatoms. The van der Waals surface area contributed by atoms with Crippen molar-refractivity contribution in [2.45, 2.75) is 100 Å². The van der Waals surface area contributed by atoms with E-state index in [9.17, 15) is 0 Å². The molecule has 0 bridgehead atoms. The van der Waals surface area contributed by atoms with Gasteiger partial charge in [-0.1, -0.05) is 26.2 Å². The van der Waals surface area contributed by atoms with Crippen LogP contribution in [0.1, 0.15) is 96.8 Å². The summed E-state index contributed by atoms with van der Waals surface area (Å²) in [6, 6.07) is 0. The molecule has 0 radical (unpaired) electrons. The average Bonchev–Trinajstić information content (AvgIpc) is 2.42. The third kappa shape index (κ3) is 37.4. The number of rotatable bonds is 14. The van der Waals surface area contributed by atoms with Gasteiger partial charge in [0, 0.05) is 0 Å². The average molecular weight is 346 g/mol.